The number of hydrogen-bond donors (Lipinski definition) is 1. The number of halogens is 1. The predicted molar refractivity (Wildman–Crippen MR) is 156 cm³/mol. The lowest BCUT2D eigenvalue weighted by Gasteiger charge is -2.23. The Morgan fingerprint density at radius 2 is 1.77 bits per heavy atom. The van der Waals surface area contributed by atoms with Crippen molar-refractivity contribution in [3.8, 4) is 11.5 Å². The number of anilines is 1. The molecule has 3 heterocycles. The topological polar surface area (TPSA) is 128 Å². The molecule has 1 atom stereocenters. The van der Waals surface area contributed by atoms with E-state index in [2.05, 4.69) is 10.2 Å². The van der Waals surface area contributed by atoms with Gasteiger partial charge >= 0.3 is 11.9 Å². The van der Waals surface area contributed by atoms with Crippen LogP contribution in [-0.2, 0) is 20.1 Å². The fraction of sp³-hybridized carbons (Fsp3) is 0.167. The Hall–Kier alpha value is -4.75. The van der Waals surface area contributed by atoms with E-state index in [1.807, 2.05) is 0 Å². The van der Waals surface area contributed by atoms with Gasteiger partial charge in [0.2, 0.25) is 5.13 Å². The molecule has 0 saturated carbocycles. The van der Waals surface area contributed by atoms with Crippen LogP contribution >= 0.6 is 23.1 Å². The molecule has 13 heteroatoms. The van der Waals surface area contributed by atoms with Gasteiger partial charge in [-0.15, -0.1) is 10.2 Å². The van der Waals surface area contributed by atoms with E-state index in [1.165, 1.54) is 48.0 Å². The molecule has 2 aliphatic rings. The number of esters is 1. The minimum absolute atomic E-state index is 0.112. The third-order valence-corrected chi connectivity index (χ3v) is 8.92. The third-order valence-electron chi connectivity index (χ3n) is 6.82. The molecule has 1 saturated heterocycles. The number of amides is 1. The molecule has 1 fully saturated rings. The first kappa shape index (κ1) is 28.4. The maximum absolute atomic E-state index is 14.1. The lowest BCUT2D eigenvalue weighted by molar-refractivity contribution is -0.132. The SMILES string of the molecule is COC(=O)c1ccc(C2/C(=C(\O)c3ccc4c(c3)OCCO4)C(=O)C(=O)N2c2nnc(SCc3ccccc3F)s2)cc1. The molecule has 2 aliphatic heterocycles. The second-order valence-corrected chi connectivity index (χ2v) is 11.6. The quantitative estimate of drug-likeness (QED) is 0.0741. The highest BCUT2D eigenvalue weighted by Crippen LogP contribution is 2.45. The Labute approximate surface area is 252 Å². The fourth-order valence-corrected chi connectivity index (χ4v) is 6.58. The number of ether oxygens (including phenoxy) is 3. The summed E-state index contributed by atoms with van der Waals surface area (Å²) in [6.45, 7) is 0.704. The second kappa shape index (κ2) is 11.9. The molecule has 0 radical (unpaired) electrons. The molecule has 0 spiro atoms. The summed E-state index contributed by atoms with van der Waals surface area (Å²) in [6, 6.07) is 16.1. The van der Waals surface area contributed by atoms with E-state index in [1.54, 1.807) is 42.5 Å². The zero-order chi connectivity index (χ0) is 30.1. The van der Waals surface area contributed by atoms with Gasteiger partial charge in [-0.25, -0.2) is 9.18 Å². The maximum Gasteiger partial charge on any atom is 0.337 e. The molecule has 10 nitrogen and oxygen atoms in total. The zero-order valence-electron chi connectivity index (χ0n) is 22.5. The molecule has 43 heavy (non-hydrogen) atoms. The lowest BCUT2D eigenvalue weighted by atomic mass is 9.94. The van der Waals surface area contributed by atoms with Crippen molar-refractivity contribution >= 4 is 51.6 Å². The van der Waals surface area contributed by atoms with Gasteiger partial charge in [0.05, 0.1) is 24.3 Å². The molecule has 1 unspecified atom stereocenters. The van der Waals surface area contributed by atoms with E-state index in [4.69, 9.17) is 14.2 Å². The number of aromatic nitrogens is 2. The van der Waals surface area contributed by atoms with Crippen LogP contribution in [0.25, 0.3) is 5.76 Å². The minimum Gasteiger partial charge on any atom is -0.507 e. The number of aliphatic hydroxyl groups excluding tert-OH is 1. The molecule has 0 aliphatic carbocycles. The number of fused-ring (bicyclic) bond motifs is 1. The maximum atomic E-state index is 14.1. The normalized spacial score (nSPS) is 17.3. The first-order chi connectivity index (χ1) is 20.9. The summed E-state index contributed by atoms with van der Waals surface area (Å²) in [5.41, 5.74) is 1.24. The van der Waals surface area contributed by atoms with Crippen LogP contribution in [0, 0.1) is 5.82 Å². The van der Waals surface area contributed by atoms with Gasteiger partial charge in [-0.1, -0.05) is 53.4 Å². The largest absolute Gasteiger partial charge is 0.507 e. The summed E-state index contributed by atoms with van der Waals surface area (Å²) in [4.78, 5) is 40.3. The van der Waals surface area contributed by atoms with E-state index in [-0.39, 0.29) is 33.4 Å². The Morgan fingerprint density at radius 3 is 2.51 bits per heavy atom. The van der Waals surface area contributed by atoms with Crippen molar-refractivity contribution in [2.45, 2.75) is 16.1 Å². The Morgan fingerprint density at radius 1 is 1.05 bits per heavy atom. The van der Waals surface area contributed by atoms with E-state index in [0.717, 1.165) is 11.3 Å². The van der Waals surface area contributed by atoms with Crippen LogP contribution in [-0.4, -0.2) is 53.3 Å². The van der Waals surface area contributed by atoms with E-state index >= 15 is 0 Å². The lowest BCUT2D eigenvalue weighted by Crippen LogP contribution is -2.29. The first-order valence-electron chi connectivity index (χ1n) is 12.9. The van der Waals surface area contributed by atoms with Crippen molar-refractivity contribution in [2.75, 3.05) is 25.2 Å². The number of aliphatic hydroxyl groups is 1. The van der Waals surface area contributed by atoms with Gasteiger partial charge in [0.15, 0.2) is 15.8 Å². The Balaban J connectivity index is 1.40. The number of methoxy groups -OCH3 is 1. The van der Waals surface area contributed by atoms with Gasteiger partial charge < -0.3 is 19.3 Å². The van der Waals surface area contributed by atoms with E-state index in [0.29, 0.717) is 40.2 Å². The van der Waals surface area contributed by atoms with Crippen LogP contribution in [0.5, 0.6) is 11.5 Å². The average Bonchev–Trinajstić information content (AvgIpc) is 3.61. The van der Waals surface area contributed by atoms with E-state index < -0.39 is 29.5 Å². The fourth-order valence-electron chi connectivity index (χ4n) is 4.72. The minimum atomic E-state index is -1.10. The first-order valence-corrected chi connectivity index (χ1v) is 14.7. The number of benzene rings is 3. The molecule has 6 rings (SSSR count). The van der Waals surface area contributed by atoms with Gasteiger partial charge in [0.1, 0.15) is 24.8 Å². The van der Waals surface area contributed by atoms with Gasteiger partial charge in [-0.05, 0) is 47.5 Å². The summed E-state index contributed by atoms with van der Waals surface area (Å²) in [5, 5.41) is 19.9. The smallest absolute Gasteiger partial charge is 0.337 e. The zero-order valence-corrected chi connectivity index (χ0v) is 24.1. The van der Waals surface area contributed by atoms with Gasteiger partial charge in [-0.3, -0.25) is 14.5 Å². The highest BCUT2D eigenvalue weighted by atomic mass is 32.2. The van der Waals surface area contributed by atoms with Crippen molar-refractivity contribution in [1.82, 2.24) is 10.2 Å². The second-order valence-electron chi connectivity index (χ2n) is 9.37. The summed E-state index contributed by atoms with van der Waals surface area (Å²) in [6.07, 6.45) is 0. The van der Waals surface area contributed by atoms with Gasteiger partial charge in [-0.2, -0.15) is 0 Å². The Bertz CT molecular complexity index is 1770. The predicted octanol–water partition coefficient (Wildman–Crippen LogP) is 5.15. The summed E-state index contributed by atoms with van der Waals surface area (Å²) < 4.78 is 30.5. The molecule has 218 valence electrons. The molecular weight excluding hydrogens is 597 g/mol. The third kappa shape index (κ3) is 5.44. The van der Waals surface area contributed by atoms with E-state index in [9.17, 15) is 23.9 Å². The number of hydrogen-bond acceptors (Lipinski definition) is 11. The summed E-state index contributed by atoms with van der Waals surface area (Å²) >= 11 is 2.29. The van der Waals surface area contributed by atoms with Crippen molar-refractivity contribution in [3.05, 3.63) is 100 Å². The van der Waals surface area contributed by atoms with Crippen LogP contribution in [0.2, 0.25) is 0 Å². The molecule has 0 bridgehead atoms. The van der Waals surface area contributed by atoms with Crippen molar-refractivity contribution in [2.24, 2.45) is 0 Å². The number of Topliss-reactive ketones (excluding diaryl/α,β-unsaturated/α-hetero) is 1. The molecule has 1 amide bonds. The molecule has 1 N–H and O–H groups in total. The summed E-state index contributed by atoms with van der Waals surface area (Å²) in [7, 11) is 1.26. The molecule has 3 aromatic carbocycles. The highest BCUT2D eigenvalue weighted by molar-refractivity contribution is 8.00. The standard InChI is InChI=1S/C30H22FN3O7S2/c1-39-28(38)17-8-6-16(7-9-17)24-23(25(35)18-10-11-21-22(14-18)41-13-12-40-21)26(36)27(37)34(24)29-32-33-30(43-29)42-15-19-4-2-3-5-20(19)31/h2-11,14,24,35H,12-13,15H2,1H3/b25-23+. The average molecular weight is 620 g/mol. The van der Waals surface area contributed by atoms with Crippen LogP contribution in [0.3, 0.4) is 0 Å². The number of carbonyl (C=O) groups excluding carboxylic acids is 3. The highest BCUT2D eigenvalue weighted by Gasteiger charge is 2.48. The molecule has 4 aromatic rings. The Kier molecular flexibility index (Phi) is 7.82. The number of ketones is 1. The van der Waals surface area contributed by atoms with Crippen molar-refractivity contribution in [3.63, 3.8) is 0 Å². The van der Waals surface area contributed by atoms with Gasteiger partial charge in [0.25, 0.3) is 5.78 Å². The van der Waals surface area contributed by atoms with Crippen molar-refractivity contribution < 1.29 is 38.1 Å². The molecule has 1 aromatic heterocycles. The van der Waals surface area contributed by atoms with Crippen LogP contribution in [0.15, 0.2) is 76.6 Å². The number of rotatable bonds is 7. The van der Waals surface area contributed by atoms with Crippen LogP contribution in [0.1, 0.15) is 33.1 Å². The number of carbonyl (C=O) groups is 3. The van der Waals surface area contributed by atoms with Crippen LogP contribution in [0.4, 0.5) is 9.52 Å². The molecular formula is C30H22FN3O7S2. The van der Waals surface area contributed by atoms with Crippen LogP contribution < -0.4 is 14.4 Å². The van der Waals surface area contributed by atoms with Gasteiger partial charge in [0, 0.05) is 11.3 Å². The summed E-state index contributed by atoms with van der Waals surface area (Å²) in [5.74, 6) is -2.00. The monoisotopic (exact) mass is 619 g/mol. The number of nitrogens with zero attached hydrogens (tertiary/aromatic N) is 3. The number of thioether (sulfide) groups is 1. The van der Waals surface area contributed by atoms with Crippen molar-refractivity contribution in [1.29, 1.82) is 0 Å².